The molecule has 0 aromatic carbocycles. The van der Waals surface area contributed by atoms with Gasteiger partial charge in [-0.3, -0.25) is 4.79 Å². The fourth-order valence-electron chi connectivity index (χ4n) is 5.82. The van der Waals surface area contributed by atoms with Crippen LogP contribution in [0.3, 0.4) is 0 Å². The number of ether oxygens (including phenoxy) is 2. The van der Waals surface area contributed by atoms with Gasteiger partial charge in [0.15, 0.2) is 0 Å². The lowest BCUT2D eigenvalue weighted by molar-refractivity contribution is -0.154. The lowest BCUT2D eigenvalue weighted by Crippen LogP contribution is -2.27. The third-order valence-electron chi connectivity index (χ3n) is 9.09. The fraction of sp³-hybridized carbons (Fsp3) is 0.627. The first-order valence-electron chi connectivity index (χ1n) is 22.5. The molecule has 55 heavy (non-hydrogen) atoms. The maximum Gasteiger partial charge on any atom is 0.306 e. The van der Waals surface area contributed by atoms with Crippen molar-refractivity contribution in [1.29, 1.82) is 0 Å². The van der Waals surface area contributed by atoms with Gasteiger partial charge in [-0.25, -0.2) is 0 Å². The largest absolute Gasteiger partial charge is 0.457 e. The third-order valence-corrected chi connectivity index (χ3v) is 9.09. The lowest BCUT2D eigenvalue weighted by Gasteiger charge is -2.15. The Labute approximate surface area is 340 Å². The van der Waals surface area contributed by atoms with Crippen LogP contribution in [-0.2, 0) is 14.3 Å². The number of carbonyl (C=O) groups is 1. The molecule has 4 nitrogen and oxygen atoms in total. The van der Waals surface area contributed by atoms with Crippen molar-refractivity contribution in [3.05, 3.63) is 109 Å². The molecule has 1 atom stereocenters. The van der Waals surface area contributed by atoms with Crippen molar-refractivity contribution >= 4 is 5.97 Å². The molecule has 312 valence electrons. The standard InChI is InChI=1S/C51H84O4/c1-3-5-7-9-11-13-15-17-19-21-22-23-24-25-26-27-28-29-31-33-35-37-39-41-43-45-47-54-49-50(48-52)55-51(53)46-44-42-40-38-36-34-32-30-20-18-16-14-12-10-8-6-4-2/h5-8,11-14,17-20,22-23,25-26,32,34,50,52H,3-4,9-10,15-16,21,24,27-31,33,35-49H2,1-2H3/b7-5-,8-6-,13-11-,14-12-,19-17-,20-18-,23-22-,26-25-,34-32-. The molecule has 0 aromatic heterocycles. The molecule has 0 aromatic rings. The second kappa shape index (κ2) is 47.2. The smallest absolute Gasteiger partial charge is 0.306 e. The van der Waals surface area contributed by atoms with E-state index in [4.69, 9.17) is 9.47 Å². The number of aliphatic hydroxyl groups is 1. The molecule has 1 unspecified atom stereocenters. The van der Waals surface area contributed by atoms with E-state index in [9.17, 15) is 9.90 Å². The molecule has 1 N–H and O–H groups in total. The minimum Gasteiger partial charge on any atom is -0.457 e. The number of rotatable bonds is 40. The fourth-order valence-corrected chi connectivity index (χ4v) is 5.82. The van der Waals surface area contributed by atoms with Crippen LogP contribution in [0.2, 0.25) is 0 Å². The molecule has 0 spiro atoms. The molecule has 0 aliphatic rings. The Morgan fingerprint density at radius 2 is 0.764 bits per heavy atom. The van der Waals surface area contributed by atoms with Crippen LogP contribution in [0.15, 0.2) is 109 Å². The molecular weight excluding hydrogens is 677 g/mol. The topological polar surface area (TPSA) is 55.8 Å². The Bertz CT molecular complexity index is 1070. The molecule has 0 saturated carbocycles. The van der Waals surface area contributed by atoms with Crippen molar-refractivity contribution in [2.45, 2.75) is 187 Å². The van der Waals surface area contributed by atoms with E-state index in [1.165, 1.54) is 64.2 Å². The zero-order valence-corrected chi connectivity index (χ0v) is 35.6. The highest BCUT2D eigenvalue weighted by Gasteiger charge is 2.13. The Balaban J connectivity index is 3.51. The van der Waals surface area contributed by atoms with Crippen LogP contribution in [0.1, 0.15) is 181 Å². The van der Waals surface area contributed by atoms with E-state index in [1.54, 1.807) is 0 Å². The van der Waals surface area contributed by atoms with Gasteiger partial charge in [-0.2, -0.15) is 0 Å². The Kier molecular flexibility index (Phi) is 44.7. The molecule has 0 rings (SSSR count). The minimum atomic E-state index is -0.558. The number of aliphatic hydroxyl groups excluding tert-OH is 1. The normalized spacial score (nSPS) is 13.4. The van der Waals surface area contributed by atoms with Gasteiger partial charge in [0.25, 0.3) is 0 Å². The number of hydrogen-bond acceptors (Lipinski definition) is 4. The average molecular weight is 761 g/mol. The summed E-state index contributed by atoms with van der Waals surface area (Å²) in [7, 11) is 0. The van der Waals surface area contributed by atoms with Gasteiger partial charge in [-0.05, 0) is 96.3 Å². The van der Waals surface area contributed by atoms with Gasteiger partial charge in [0, 0.05) is 13.0 Å². The third kappa shape index (κ3) is 45.3. The van der Waals surface area contributed by atoms with Crippen LogP contribution in [0.5, 0.6) is 0 Å². The van der Waals surface area contributed by atoms with Crippen molar-refractivity contribution in [3.8, 4) is 0 Å². The summed E-state index contributed by atoms with van der Waals surface area (Å²) >= 11 is 0. The SMILES string of the molecule is CC/C=C\C/C=C\C/C=C\C/C=C\C/C=C\CCCCCCCCCCCCOCC(CO)OC(=O)CCCCCC/C=C\C/C=C\C/C=C\C/C=C\CC. The zero-order chi connectivity index (χ0) is 39.8. The number of esters is 1. The average Bonchev–Trinajstić information content (AvgIpc) is 3.19. The lowest BCUT2D eigenvalue weighted by atomic mass is 10.1. The van der Waals surface area contributed by atoms with Gasteiger partial charge in [0.2, 0.25) is 0 Å². The molecule has 0 aliphatic carbocycles. The number of carbonyl (C=O) groups excluding carboxylic acids is 1. The summed E-state index contributed by atoms with van der Waals surface area (Å²) in [5.41, 5.74) is 0. The molecule has 4 heteroatoms. The molecule has 0 saturated heterocycles. The van der Waals surface area contributed by atoms with Crippen LogP contribution in [0.25, 0.3) is 0 Å². The van der Waals surface area contributed by atoms with E-state index in [0.717, 1.165) is 96.3 Å². The van der Waals surface area contributed by atoms with E-state index in [0.29, 0.717) is 13.0 Å². The van der Waals surface area contributed by atoms with Gasteiger partial charge < -0.3 is 14.6 Å². The predicted octanol–water partition coefficient (Wildman–Crippen LogP) is 15.1. The van der Waals surface area contributed by atoms with Crippen molar-refractivity contribution < 1.29 is 19.4 Å². The molecule has 0 fully saturated rings. The van der Waals surface area contributed by atoms with E-state index in [1.807, 2.05) is 0 Å². The van der Waals surface area contributed by atoms with Gasteiger partial charge in [0.05, 0.1) is 13.2 Å². The van der Waals surface area contributed by atoms with Gasteiger partial charge >= 0.3 is 5.97 Å². The van der Waals surface area contributed by atoms with Gasteiger partial charge in [0.1, 0.15) is 6.10 Å². The monoisotopic (exact) mass is 761 g/mol. The van der Waals surface area contributed by atoms with Crippen molar-refractivity contribution in [2.24, 2.45) is 0 Å². The summed E-state index contributed by atoms with van der Waals surface area (Å²) in [5, 5.41) is 9.61. The van der Waals surface area contributed by atoms with E-state index >= 15 is 0 Å². The summed E-state index contributed by atoms with van der Waals surface area (Å²) in [6, 6.07) is 0. The summed E-state index contributed by atoms with van der Waals surface area (Å²) in [6.45, 7) is 5.07. The van der Waals surface area contributed by atoms with E-state index < -0.39 is 6.10 Å². The van der Waals surface area contributed by atoms with Crippen LogP contribution in [-0.4, -0.2) is 37.0 Å². The Hall–Kier alpha value is -2.95. The molecule has 0 aliphatic heterocycles. The van der Waals surface area contributed by atoms with Gasteiger partial charge in [-0.1, -0.05) is 187 Å². The number of unbranched alkanes of at least 4 members (excludes halogenated alkanes) is 14. The summed E-state index contributed by atoms with van der Waals surface area (Å²) in [5.74, 6) is -0.230. The van der Waals surface area contributed by atoms with Crippen molar-refractivity contribution in [3.63, 3.8) is 0 Å². The van der Waals surface area contributed by atoms with Crippen LogP contribution < -0.4 is 0 Å². The van der Waals surface area contributed by atoms with E-state index in [-0.39, 0.29) is 19.2 Å². The Morgan fingerprint density at radius 3 is 1.15 bits per heavy atom. The minimum absolute atomic E-state index is 0.190. The highest BCUT2D eigenvalue weighted by molar-refractivity contribution is 5.69. The second-order valence-corrected chi connectivity index (χ2v) is 14.4. The van der Waals surface area contributed by atoms with Crippen molar-refractivity contribution in [1.82, 2.24) is 0 Å². The maximum atomic E-state index is 12.2. The molecule has 0 amide bonds. The maximum absolute atomic E-state index is 12.2. The predicted molar refractivity (Wildman–Crippen MR) is 241 cm³/mol. The summed E-state index contributed by atoms with van der Waals surface area (Å²) in [6.07, 6.45) is 68.7. The first-order chi connectivity index (χ1) is 27.2. The molecule has 0 bridgehead atoms. The first kappa shape index (κ1) is 52.0. The van der Waals surface area contributed by atoms with Crippen LogP contribution in [0, 0.1) is 0 Å². The zero-order valence-electron chi connectivity index (χ0n) is 35.6. The van der Waals surface area contributed by atoms with Crippen molar-refractivity contribution in [2.75, 3.05) is 19.8 Å². The number of allylic oxidation sites excluding steroid dienone is 18. The number of hydrogen-bond donors (Lipinski definition) is 1. The van der Waals surface area contributed by atoms with Crippen LogP contribution >= 0.6 is 0 Å². The summed E-state index contributed by atoms with van der Waals surface area (Å²) in [4.78, 5) is 12.2. The highest BCUT2D eigenvalue weighted by Crippen LogP contribution is 2.12. The Morgan fingerprint density at radius 1 is 0.436 bits per heavy atom. The quantitative estimate of drug-likeness (QED) is 0.0384. The highest BCUT2D eigenvalue weighted by atomic mass is 16.6. The van der Waals surface area contributed by atoms with E-state index in [2.05, 4.69) is 123 Å². The molecule has 0 radical (unpaired) electrons. The van der Waals surface area contributed by atoms with Crippen LogP contribution in [0.4, 0.5) is 0 Å². The molecule has 0 heterocycles. The first-order valence-corrected chi connectivity index (χ1v) is 22.5. The van der Waals surface area contributed by atoms with Gasteiger partial charge in [-0.15, -0.1) is 0 Å². The second-order valence-electron chi connectivity index (χ2n) is 14.4. The summed E-state index contributed by atoms with van der Waals surface area (Å²) < 4.78 is 11.2. The molecular formula is C51H84O4.